The molecule has 0 fully saturated rings. The molecule has 0 saturated heterocycles. The summed E-state index contributed by atoms with van der Waals surface area (Å²) in [5.41, 5.74) is 1.89. The second kappa shape index (κ2) is 14.0. The summed E-state index contributed by atoms with van der Waals surface area (Å²) in [4.78, 5) is 23.9. The van der Waals surface area contributed by atoms with Gasteiger partial charge in [0.1, 0.15) is 5.57 Å². The molecular weight excluding hydrogens is 376 g/mol. The van der Waals surface area contributed by atoms with E-state index in [-0.39, 0.29) is 5.92 Å². The Labute approximate surface area is 182 Å². The second-order valence-electron chi connectivity index (χ2n) is 8.36. The molecule has 0 radical (unpaired) electrons. The highest BCUT2D eigenvalue weighted by Crippen LogP contribution is 2.34. The van der Waals surface area contributed by atoms with Crippen LogP contribution in [-0.4, -0.2) is 22.2 Å². The van der Waals surface area contributed by atoms with Crippen molar-refractivity contribution in [2.45, 2.75) is 91.9 Å². The van der Waals surface area contributed by atoms with Gasteiger partial charge in [-0.05, 0) is 41.4 Å². The first-order chi connectivity index (χ1) is 14.4. The molecule has 1 aromatic rings. The van der Waals surface area contributed by atoms with Crippen molar-refractivity contribution in [2.24, 2.45) is 11.8 Å². The van der Waals surface area contributed by atoms with Crippen LogP contribution in [0.2, 0.25) is 0 Å². The number of benzene rings is 1. The van der Waals surface area contributed by atoms with Crippen molar-refractivity contribution in [1.29, 1.82) is 0 Å². The van der Waals surface area contributed by atoms with Crippen LogP contribution in [0.4, 0.5) is 0 Å². The van der Waals surface area contributed by atoms with Gasteiger partial charge in [0.05, 0.1) is 0 Å². The van der Waals surface area contributed by atoms with Crippen LogP contribution in [0.3, 0.4) is 0 Å². The lowest BCUT2D eigenvalue weighted by Gasteiger charge is -2.22. The molecule has 0 bridgehead atoms. The summed E-state index contributed by atoms with van der Waals surface area (Å²) in [6, 6.07) is 7.81. The highest BCUT2D eigenvalue weighted by atomic mass is 16.4. The Bertz CT molecular complexity index is 689. The third kappa shape index (κ3) is 7.97. The Balaban J connectivity index is 3.45. The molecule has 2 N–H and O–H groups in total. The molecule has 0 saturated carbocycles. The average Bonchev–Trinajstić information content (AvgIpc) is 2.72. The molecule has 2 atom stereocenters. The van der Waals surface area contributed by atoms with E-state index in [1.807, 2.05) is 24.3 Å². The van der Waals surface area contributed by atoms with Gasteiger partial charge < -0.3 is 10.2 Å². The predicted molar refractivity (Wildman–Crippen MR) is 124 cm³/mol. The molecule has 4 nitrogen and oxygen atoms in total. The molecule has 1 aromatic carbocycles. The minimum Gasteiger partial charge on any atom is -0.477 e. The van der Waals surface area contributed by atoms with E-state index >= 15 is 0 Å². The van der Waals surface area contributed by atoms with Crippen molar-refractivity contribution in [3.05, 3.63) is 41.0 Å². The molecule has 4 heteroatoms. The summed E-state index contributed by atoms with van der Waals surface area (Å²) in [6.07, 6.45) is 9.91. The molecule has 2 unspecified atom stereocenters. The second-order valence-corrected chi connectivity index (χ2v) is 8.36. The molecule has 0 aliphatic carbocycles. The van der Waals surface area contributed by atoms with Gasteiger partial charge in [-0.15, -0.1) is 0 Å². The van der Waals surface area contributed by atoms with Gasteiger partial charge in [0.15, 0.2) is 0 Å². The largest absolute Gasteiger partial charge is 0.477 e. The maximum absolute atomic E-state index is 11.9. The lowest BCUT2D eigenvalue weighted by molar-refractivity contribution is -0.140. The number of rotatable bonds is 15. The van der Waals surface area contributed by atoms with Crippen molar-refractivity contribution in [3.8, 4) is 0 Å². The third-order valence-electron chi connectivity index (χ3n) is 6.16. The summed E-state index contributed by atoms with van der Waals surface area (Å²) in [7, 11) is 0. The predicted octanol–water partition coefficient (Wildman–Crippen LogP) is 6.97. The van der Waals surface area contributed by atoms with Crippen molar-refractivity contribution in [3.63, 3.8) is 0 Å². The average molecular weight is 417 g/mol. The lowest BCUT2D eigenvalue weighted by atomic mass is 9.82. The molecule has 168 valence electrons. The molecule has 1 rings (SSSR count). The van der Waals surface area contributed by atoms with Gasteiger partial charge in [-0.25, -0.2) is 9.59 Å². The summed E-state index contributed by atoms with van der Waals surface area (Å²) in [5.74, 6) is -1.90. The van der Waals surface area contributed by atoms with E-state index in [9.17, 15) is 19.8 Å². The third-order valence-corrected chi connectivity index (χ3v) is 6.16. The van der Waals surface area contributed by atoms with Crippen LogP contribution in [-0.2, 0) is 16.0 Å². The number of carboxylic acids is 2. The normalized spacial score (nSPS) is 12.9. The van der Waals surface area contributed by atoms with Gasteiger partial charge in [0.2, 0.25) is 0 Å². The fraction of sp³-hybridized carbons (Fsp3) is 0.615. The maximum atomic E-state index is 11.9. The first-order valence-corrected chi connectivity index (χ1v) is 11.7. The minimum absolute atomic E-state index is 0.281. The van der Waals surface area contributed by atoms with Crippen molar-refractivity contribution < 1.29 is 19.8 Å². The Morgan fingerprint density at radius 3 is 1.87 bits per heavy atom. The quantitative estimate of drug-likeness (QED) is 0.184. The molecule has 0 amide bonds. The molecule has 0 aliphatic rings. The zero-order valence-electron chi connectivity index (χ0n) is 19.2. The zero-order valence-corrected chi connectivity index (χ0v) is 19.2. The Hall–Kier alpha value is -2.10. The standard InChI is InChI=1S/C26H40O4/c1-5-9-13-19(7-3)17-21-15-11-12-16-22(21)23(24(25(27)28)26(29)30)18-20(8-4)14-10-6-2/h11-12,15-16,19-20H,5-10,13-14,17-18H2,1-4H3,(H,27,28)(H,29,30). The van der Waals surface area contributed by atoms with Crippen LogP contribution >= 0.6 is 0 Å². The smallest absolute Gasteiger partial charge is 0.343 e. The van der Waals surface area contributed by atoms with Crippen LogP contribution in [0.25, 0.3) is 5.57 Å². The van der Waals surface area contributed by atoms with Gasteiger partial charge in [-0.2, -0.15) is 0 Å². The van der Waals surface area contributed by atoms with Gasteiger partial charge in [0, 0.05) is 0 Å². The summed E-state index contributed by atoms with van der Waals surface area (Å²) in [5, 5.41) is 19.5. The Kier molecular flexibility index (Phi) is 12.1. The molecule has 30 heavy (non-hydrogen) atoms. The van der Waals surface area contributed by atoms with E-state index in [1.165, 1.54) is 6.42 Å². The number of aliphatic carboxylic acids is 2. The minimum atomic E-state index is -1.35. The summed E-state index contributed by atoms with van der Waals surface area (Å²) < 4.78 is 0. The van der Waals surface area contributed by atoms with Gasteiger partial charge in [-0.1, -0.05) is 103 Å². The van der Waals surface area contributed by atoms with E-state index in [1.54, 1.807) is 0 Å². The lowest BCUT2D eigenvalue weighted by Crippen LogP contribution is -2.17. The summed E-state index contributed by atoms with van der Waals surface area (Å²) >= 11 is 0. The zero-order chi connectivity index (χ0) is 22.5. The van der Waals surface area contributed by atoms with Crippen LogP contribution in [0.5, 0.6) is 0 Å². The van der Waals surface area contributed by atoms with E-state index in [2.05, 4.69) is 27.7 Å². The molecule has 0 spiro atoms. The van der Waals surface area contributed by atoms with E-state index < -0.39 is 17.5 Å². The van der Waals surface area contributed by atoms with E-state index in [4.69, 9.17) is 0 Å². The molecular formula is C26H40O4. The van der Waals surface area contributed by atoms with Gasteiger partial charge >= 0.3 is 11.9 Å². The summed E-state index contributed by atoms with van der Waals surface area (Å²) in [6.45, 7) is 8.62. The first kappa shape index (κ1) is 25.9. The maximum Gasteiger partial charge on any atom is 0.343 e. The number of unbranched alkanes of at least 4 members (excludes halogenated alkanes) is 2. The number of hydrogen-bond donors (Lipinski definition) is 2. The van der Waals surface area contributed by atoms with Gasteiger partial charge in [-0.3, -0.25) is 0 Å². The van der Waals surface area contributed by atoms with Gasteiger partial charge in [0.25, 0.3) is 0 Å². The number of allylic oxidation sites excluding steroid dienone is 1. The first-order valence-electron chi connectivity index (χ1n) is 11.7. The number of carbonyl (C=O) groups is 2. The molecule has 0 aromatic heterocycles. The number of hydrogen-bond acceptors (Lipinski definition) is 2. The van der Waals surface area contributed by atoms with Crippen LogP contribution < -0.4 is 0 Å². The van der Waals surface area contributed by atoms with Crippen LogP contribution in [0, 0.1) is 11.8 Å². The van der Waals surface area contributed by atoms with Crippen LogP contribution in [0.15, 0.2) is 29.8 Å². The SMILES string of the molecule is CCCCC(CC)CC(=C(C(=O)O)C(=O)O)c1ccccc1CC(CC)CCCC. The molecule has 0 aliphatic heterocycles. The fourth-order valence-electron chi connectivity index (χ4n) is 4.18. The van der Waals surface area contributed by atoms with E-state index in [0.29, 0.717) is 17.9 Å². The van der Waals surface area contributed by atoms with Crippen molar-refractivity contribution in [1.82, 2.24) is 0 Å². The van der Waals surface area contributed by atoms with Crippen molar-refractivity contribution in [2.75, 3.05) is 0 Å². The monoisotopic (exact) mass is 416 g/mol. The topological polar surface area (TPSA) is 74.6 Å². The fourth-order valence-corrected chi connectivity index (χ4v) is 4.18. The highest BCUT2D eigenvalue weighted by Gasteiger charge is 2.26. The Morgan fingerprint density at radius 1 is 0.833 bits per heavy atom. The van der Waals surface area contributed by atoms with Crippen molar-refractivity contribution >= 4 is 17.5 Å². The van der Waals surface area contributed by atoms with Crippen LogP contribution in [0.1, 0.15) is 96.6 Å². The highest BCUT2D eigenvalue weighted by molar-refractivity contribution is 6.18. The van der Waals surface area contributed by atoms with E-state index in [0.717, 1.165) is 62.5 Å². The molecule has 0 heterocycles. The Morgan fingerprint density at radius 2 is 1.37 bits per heavy atom. The number of carboxylic acid groups (broad SMARTS) is 2.